The van der Waals surface area contributed by atoms with Crippen LogP contribution in [0.25, 0.3) is 0 Å². The molecule has 4 heteroatoms. The van der Waals surface area contributed by atoms with Gasteiger partial charge in [0.25, 0.3) is 0 Å². The Balaban J connectivity index is 2.96. The quantitative estimate of drug-likeness (QED) is 0.527. The molecule has 1 N–H and O–H groups in total. The minimum Gasteiger partial charge on any atom is -0.388 e. The lowest BCUT2D eigenvalue weighted by Crippen LogP contribution is -1.90. The van der Waals surface area contributed by atoms with Crippen LogP contribution in [0.1, 0.15) is 8.57 Å². The molecule has 0 aliphatic rings. The molecule has 0 atom stereocenters. The summed E-state index contributed by atoms with van der Waals surface area (Å²) in [5.41, 5.74) is 0. The van der Waals surface area contributed by atoms with Gasteiger partial charge >= 0.3 is 0 Å². The molecule has 0 aliphatic heterocycles. The zero-order chi connectivity index (χ0) is 7.78. The molecule has 0 saturated carbocycles. The molecule has 0 unspecified atom stereocenters. The van der Waals surface area contributed by atoms with E-state index in [4.69, 9.17) is 7.85 Å². The van der Waals surface area contributed by atoms with Crippen molar-refractivity contribution in [1.82, 2.24) is 14.8 Å². The normalized spacial score (nSPS) is 15.2. The Morgan fingerprint density at radius 3 is 3.12 bits per heavy atom. The smallest absolute Gasteiger partial charge is 0.175 e. The van der Waals surface area contributed by atoms with Crippen LogP contribution >= 0.6 is 0 Å². The van der Waals surface area contributed by atoms with E-state index in [1.54, 1.807) is 7.05 Å². The molecule has 0 aliphatic carbocycles. The molecule has 0 amide bonds. The number of aliphatic hydroxyl groups is 1. The molecule has 0 radical (unpaired) electrons. The summed E-state index contributed by atoms with van der Waals surface area (Å²) in [5.74, 6) is -0.213. The van der Waals surface area contributed by atoms with E-state index in [9.17, 15) is 0 Å². The van der Waals surface area contributed by atoms with Crippen molar-refractivity contribution in [1.29, 1.82) is 0 Å². The number of aryl methyl sites for hydroxylation is 1. The zero-order valence-electron chi connectivity index (χ0n) is 6.37. The molecule has 0 spiro atoms. The van der Waals surface area contributed by atoms with E-state index in [1.807, 2.05) is 0 Å². The average molecular weight is 115 g/mol. The van der Waals surface area contributed by atoms with E-state index in [0.717, 1.165) is 0 Å². The molecule has 0 saturated heterocycles. The molecule has 44 valence electrons. The number of rotatable bonds is 1. The van der Waals surface area contributed by atoms with Gasteiger partial charge in [-0.25, -0.2) is 4.98 Å². The predicted molar refractivity (Wildman–Crippen MR) is 26.9 cm³/mol. The second-order valence-corrected chi connectivity index (χ2v) is 1.35. The van der Waals surface area contributed by atoms with Crippen LogP contribution in [0.15, 0.2) is 6.33 Å². The van der Waals surface area contributed by atoms with E-state index in [1.165, 1.54) is 11.0 Å². The Bertz CT molecular complexity index is 229. The van der Waals surface area contributed by atoms with Crippen LogP contribution < -0.4 is 0 Å². The molecule has 4 nitrogen and oxygen atoms in total. The molecule has 1 aromatic rings. The Kier molecular flexibility index (Phi) is 0.764. The van der Waals surface area contributed by atoms with Gasteiger partial charge in [-0.2, -0.15) is 5.10 Å². The van der Waals surface area contributed by atoms with Crippen LogP contribution in [0, 0.1) is 0 Å². The van der Waals surface area contributed by atoms with Gasteiger partial charge in [-0.3, -0.25) is 4.68 Å². The highest BCUT2D eigenvalue weighted by Gasteiger charge is 1.91. The van der Waals surface area contributed by atoms with Crippen LogP contribution in [0.4, 0.5) is 0 Å². The van der Waals surface area contributed by atoms with E-state index >= 15 is 0 Å². The van der Waals surface area contributed by atoms with E-state index < -0.39 is 6.56 Å². The second-order valence-electron chi connectivity index (χ2n) is 1.35. The van der Waals surface area contributed by atoms with Gasteiger partial charge in [0, 0.05) is 7.05 Å². The number of nitrogens with zero attached hydrogens (tertiary/aromatic N) is 3. The predicted octanol–water partition coefficient (Wildman–Crippen LogP) is -0.693. The minimum atomic E-state index is -2.43. The Morgan fingerprint density at radius 2 is 2.88 bits per heavy atom. The van der Waals surface area contributed by atoms with Gasteiger partial charge in [0.15, 0.2) is 5.82 Å². The monoisotopic (exact) mass is 115 g/mol. The van der Waals surface area contributed by atoms with Crippen LogP contribution in [-0.4, -0.2) is 19.9 Å². The summed E-state index contributed by atoms with van der Waals surface area (Å²) < 4.78 is 14.9. The van der Waals surface area contributed by atoms with Crippen molar-refractivity contribution >= 4 is 0 Å². The highest BCUT2D eigenvalue weighted by Crippen LogP contribution is 1.83. The lowest BCUT2D eigenvalue weighted by molar-refractivity contribution is 0.271. The Hall–Kier alpha value is -0.900. The van der Waals surface area contributed by atoms with Gasteiger partial charge in [-0.15, -0.1) is 0 Å². The standard InChI is InChI=1S/C4H7N3O/c1-7-3-5-4(2-8)6-7/h3,8H,2H2,1H3/i2D2. The van der Waals surface area contributed by atoms with Gasteiger partial charge in [0.1, 0.15) is 12.9 Å². The maximum Gasteiger partial charge on any atom is 0.175 e. The molecule has 8 heavy (non-hydrogen) atoms. The largest absolute Gasteiger partial charge is 0.388 e. The summed E-state index contributed by atoms with van der Waals surface area (Å²) in [6.07, 6.45) is 1.32. The summed E-state index contributed by atoms with van der Waals surface area (Å²) in [7, 11) is 1.60. The van der Waals surface area contributed by atoms with Gasteiger partial charge in [0.2, 0.25) is 0 Å². The lowest BCUT2D eigenvalue weighted by Gasteiger charge is -1.80. The third kappa shape index (κ3) is 0.840. The molecule has 0 fully saturated rings. The molecule has 1 aromatic heterocycles. The summed E-state index contributed by atoms with van der Waals surface area (Å²) in [6, 6.07) is 0. The summed E-state index contributed by atoms with van der Waals surface area (Å²) >= 11 is 0. The van der Waals surface area contributed by atoms with Crippen LogP contribution in [0.3, 0.4) is 0 Å². The zero-order valence-corrected chi connectivity index (χ0v) is 4.37. The van der Waals surface area contributed by atoms with E-state index in [-0.39, 0.29) is 5.82 Å². The van der Waals surface area contributed by atoms with Crippen LogP contribution in [0.5, 0.6) is 0 Å². The van der Waals surface area contributed by atoms with Gasteiger partial charge in [0.05, 0.1) is 2.74 Å². The van der Waals surface area contributed by atoms with Crippen LogP contribution in [0.2, 0.25) is 0 Å². The van der Waals surface area contributed by atoms with Crippen molar-refractivity contribution in [3.8, 4) is 0 Å². The Morgan fingerprint density at radius 1 is 2.12 bits per heavy atom. The van der Waals surface area contributed by atoms with Crippen molar-refractivity contribution in [2.45, 2.75) is 6.56 Å². The maximum atomic E-state index is 8.70. The fourth-order valence-electron chi connectivity index (χ4n) is 0.391. The van der Waals surface area contributed by atoms with Crippen molar-refractivity contribution in [3.05, 3.63) is 12.2 Å². The first kappa shape index (κ1) is 3.19. The molecular weight excluding hydrogens is 106 g/mol. The molecule has 1 rings (SSSR count). The number of hydrogen-bond acceptors (Lipinski definition) is 3. The SMILES string of the molecule is [2H]C([2H])(O)c1ncn(C)n1. The van der Waals surface area contributed by atoms with Gasteiger partial charge in [-0.05, 0) is 0 Å². The first-order valence-electron chi connectivity index (χ1n) is 3.08. The fraction of sp³-hybridized carbons (Fsp3) is 0.500. The third-order valence-corrected chi connectivity index (χ3v) is 0.700. The summed E-state index contributed by atoms with van der Waals surface area (Å²) in [6.45, 7) is -2.43. The summed E-state index contributed by atoms with van der Waals surface area (Å²) in [4.78, 5) is 3.51. The first-order valence-corrected chi connectivity index (χ1v) is 2.08. The lowest BCUT2D eigenvalue weighted by atomic mass is 10.7. The topological polar surface area (TPSA) is 50.9 Å². The van der Waals surface area contributed by atoms with Crippen molar-refractivity contribution in [2.75, 3.05) is 0 Å². The highest BCUT2D eigenvalue weighted by molar-refractivity contribution is 4.75. The molecule has 1 heterocycles. The molecule has 0 bridgehead atoms. The van der Waals surface area contributed by atoms with Crippen molar-refractivity contribution < 1.29 is 7.85 Å². The third-order valence-electron chi connectivity index (χ3n) is 0.700. The second kappa shape index (κ2) is 1.92. The van der Waals surface area contributed by atoms with E-state index in [2.05, 4.69) is 10.1 Å². The number of hydrogen-bond donors (Lipinski definition) is 1. The average Bonchev–Trinajstić information content (AvgIpc) is 2.11. The van der Waals surface area contributed by atoms with Crippen molar-refractivity contribution in [2.24, 2.45) is 7.05 Å². The minimum absolute atomic E-state index is 0.213. The summed E-state index contributed by atoms with van der Waals surface area (Å²) in [5, 5.41) is 12.3. The first-order chi connectivity index (χ1) is 4.50. The number of aromatic nitrogens is 3. The maximum absolute atomic E-state index is 8.70. The highest BCUT2D eigenvalue weighted by atomic mass is 16.3. The fourth-order valence-corrected chi connectivity index (χ4v) is 0.391. The van der Waals surface area contributed by atoms with Crippen molar-refractivity contribution in [3.63, 3.8) is 0 Å². The molecular formula is C4H7N3O. The van der Waals surface area contributed by atoms with E-state index in [0.29, 0.717) is 0 Å². The van der Waals surface area contributed by atoms with Crippen LogP contribution in [-0.2, 0) is 13.6 Å². The van der Waals surface area contributed by atoms with Gasteiger partial charge < -0.3 is 5.11 Å². The van der Waals surface area contributed by atoms with Gasteiger partial charge in [-0.1, -0.05) is 0 Å². The molecule has 0 aromatic carbocycles. The Labute approximate surface area is 49.6 Å².